The van der Waals surface area contributed by atoms with Gasteiger partial charge in [0.1, 0.15) is 6.04 Å². The molecule has 0 aliphatic carbocycles. The van der Waals surface area contributed by atoms with Gasteiger partial charge in [-0.2, -0.15) is 0 Å². The number of fused-ring (bicyclic) bond motifs is 1. The topological polar surface area (TPSA) is 85.0 Å². The number of hydrogen-bond donors (Lipinski definition) is 2. The Morgan fingerprint density at radius 1 is 0.846 bits per heavy atom. The molecule has 1 aromatic rings. The van der Waals surface area contributed by atoms with Crippen LogP contribution in [0.2, 0.25) is 0 Å². The first-order chi connectivity index (χ1) is 19.0. The number of piperidine rings is 4. The lowest BCUT2D eigenvalue weighted by Gasteiger charge is -2.39. The van der Waals surface area contributed by atoms with Crippen LogP contribution in [-0.4, -0.2) is 79.4 Å². The highest BCUT2D eigenvalue weighted by molar-refractivity contribution is 6.05. The lowest BCUT2D eigenvalue weighted by molar-refractivity contribution is -0.136. The van der Waals surface area contributed by atoms with Crippen LogP contribution in [0, 0.1) is 23.6 Å². The highest BCUT2D eigenvalue weighted by atomic mass is 19.1. The smallest absolute Gasteiger partial charge is 0.255 e. The SMILES string of the molecule is O=C1CCC(N2Cc3c(ccc(N4CCC(CN5CCC(CC6CCNCC6)CC5)CC4)c3F)C2=O)C(=O)N1. The molecule has 6 rings (SSSR count). The predicted molar refractivity (Wildman–Crippen MR) is 147 cm³/mol. The van der Waals surface area contributed by atoms with Crippen LogP contribution in [0.1, 0.15) is 73.7 Å². The van der Waals surface area contributed by atoms with Crippen LogP contribution in [0.25, 0.3) is 0 Å². The van der Waals surface area contributed by atoms with Crippen LogP contribution >= 0.6 is 0 Å². The molecule has 1 unspecified atom stereocenters. The number of amides is 3. The minimum absolute atomic E-state index is 0.0736. The molecule has 0 radical (unpaired) electrons. The summed E-state index contributed by atoms with van der Waals surface area (Å²) in [5.74, 6) is 0.991. The third-order valence-electron chi connectivity index (χ3n) is 9.93. The number of rotatable bonds is 6. The van der Waals surface area contributed by atoms with Crippen molar-refractivity contribution in [1.29, 1.82) is 0 Å². The molecule has 0 saturated carbocycles. The van der Waals surface area contributed by atoms with Crippen LogP contribution in [0.5, 0.6) is 0 Å². The molecule has 0 bridgehead atoms. The van der Waals surface area contributed by atoms with E-state index in [2.05, 4.69) is 20.4 Å². The van der Waals surface area contributed by atoms with Crippen molar-refractivity contribution in [3.05, 3.63) is 29.1 Å². The summed E-state index contributed by atoms with van der Waals surface area (Å²) in [6.07, 6.45) is 9.33. The summed E-state index contributed by atoms with van der Waals surface area (Å²) in [5, 5.41) is 5.78. The number of imide groups is 1. The molecular formula is C30H42FN5O3. The van der Waals surface area contributed by atoms with E-state index in [1.54, 1.807) is 12.1 Å². The zero-order valence-electron chi connectivity index (χ0n) is 22.9. The van der Waals surface area contributed by atoms with Gasteiger partial charge in [-0.1, -0.05) is 0 Å². The molecule has 2 N–H and O–H groups in total. The van der Waals surface area contributed by atoms with Gasteiger partial charge in [-0.25, -0.2) is 4.39 Å². The van der Waals surface area contributed by atoms with Crippen LogP contribution in [0.4, 0.5) is 10.1 Å². The van der Waals surface area contributed by atoms with E-state index in [4.69, 9.17) is 0 Å². The van der Waals surface area contributed by atoms with Gasteiger partial charge in [0.25, 0.3) is 5.91 Å². The van der Waals surface area contributed by atoms with Gasteiger partial charge in [0.15, 0.2) is 5.82 Å². The number of carbonyl (C=O) groups is 3. The van der Waals surface area contributed by atoms with Crippen LogP contribution in [0.3, 0.4) is 0 Å². The summed E-state index contributed by atoms with van der Waals surface area (Å²) >= 11 is 0. The highest BCUT2D eigenvalue weighted by Gasteiger charge is 2.41. The Bertz CT molecular complexity index is 1090. The van der Waals surface area contributed by atoms with Crippen LogP contribution < -0.4 is 15.5 Å². The maximum atomic E-state index is 15.7. The Kier molecular flexibility index (Phi) is 7.89. The van der Waals surface area contributed by atoms with E-state index in [9.17, 15) is 14.4 Å². The average molecular weight is 540 g/mol. The number of hydrogen-bond acceptors (Lipinski definition) is 6. The maximum Gasteiger partial charge on any atom is 0.255 e. The van der Waals surface area contributed by atoms with Crippen molar-refractivity contribution < 1.29 is 18.8 Å². The van der Waals surface area contributed by atoms with Crippen molar-refractivity contribution in [3.8, 4) is 0 Å². The summed E-state index contributed by atoms with van der Waals surface area (Å²) < 4.78 is 15.7. The Labute approximate surface area is 230 Å². The lowest BCUT2D eigenvalue weighted by atomic mass is 9.83. The van der Waals surface area contributed by atoms with Gasteiger partial charge >= 0.3 is 0 Å². The number of likely N-dealkylation sites (tertiary alicyclic amines) is 1. The molecule has 5 heterocycles. The normalized spacial score (nSPS) is 26.3. The molecule has 1 atom stereocenters. The zero-order chi connectivity index (χ0) is 26.9. The van der Waals surface area contributed by atoms with Gasteiger partial charge < -0.3 is 20.0 Å². The summed E-state index contributed by atoms with van der Waals surface area (Å²) in [6, 6.07) is 2.71. The predicted octanol–water partition coefficient (Wildman–Crippen LogP) is 2.90. The van der Waals surface area contributed by atoms with Crippen LogP contribution in [0.15, 0.2) is 12.1 Å². The van der Waals surface area contributed by atoms with Crippen molar-refractivity contribution >= 4 is 23.4 Å². The Morgan fingerprint density at radius 2 is 1.54 bits per heavy atom. The van der Waals surface area contributed by atoms with E-state index in [0.717, 1.165) is 44.3 Å². The minimum atomic E-state index is -0.726. The Balaban J connectivity index is 0.997. The lowest BCUT2D eigenvalue weighted by Crippen LogP contribution is -2.52. The monoisotopic (exact) mass is 539 g/mol. The molecule has 212 valence electrons. The first-order valence-corrected chi connectivity index (χ1v) is 15.1. The molecule has 3 amide bonds. The molecule has 0 spiro atoms. The second-order valence-electron chi connectivity index (χ2n) is 12.4. The summed E-state index contributed by atoms with van der Waals surface area (Å²) in [6.45, 7) is 7.67. The number of anilines is 1. The summed E-state index contributed by atoms with van der Waals surface area (Å²) in [5.41, 5.74) is 1.26. The van der Waals surface area contributed by atoms with Crippen molar-refractivity contribution in [2.75, 3.05) is 50.7 Å². The maximum absolute atomic E-state index is 15.7. The van der Waals surface area contributed by atoms with Crippen molar-refractivity contribution in [2.45, 2.75) is 70.4 Å². The number of halogens is 1. The van der Waals surface area contributed by atoms with Crippen molar-refractivity contribution in [2.24, 2.45) is 17.8 Å². The molecule has 1 aromatic carbocycles. The highest BCUT2D eigenvalue weighted by Crippen LogP contribution is 2.36. The zero-order valence-corrected chi connectivity index (χ0v) is 22.9. The second-order valence-corrected chi connectivity index (χ2v) is 12.4. The summed E-state index contributed by atoms with van der Waals surface area (Å²) in [7, 11) is 0. The first kappa shape index (κ1) is 26.7. The molecule has 39 heavy (non-hydrogen) atoms. The van der Waals surface area contributed by atoms with Crippen LogP contribution in [-0.2, 0) is 16.1 Å². The average Bonchev–Trinajstić information content (AvgIpc) is 3.28. The summed E-state index contributed by atoms with van der Waals surface area (Å²) in [4.78, 5) is 43.0. The Hall–Kier alpha value is -2.52. The van der Waals surface area contributed by atoms with Crippen molar-refractivity contribution in [1.82, 2.24) is 20.4 Å². The van der Waals surface area contributed by atoms with E-state index in [0.29, 0.717) is 22.7 Å². The van der Waals surface area contributed by atoms with Gasteiger partial charge in [-0.3, -0.25) is 19.7 Å². The van der Waals surface area contributed by atoms with Gasteiger partial charge in [-0.05, 0) is 107 Å². The van der Waals surface area contributed by atoms with E-state index in [1.165, 1.54) is 63.2 Å². The van der Waals surface area contributed by atoms with E-state index in [1.807, 2.05) is 0 Å². The minimum Gasteiger partial charge on any atom is -0.369 e. The van der Waals surface area contributed by atoms with E-state index < -0.39 is 11.9 Å². The fourth-order valence-electron chi connectivity index (χ4n) is 7.55. The second kappa shape index (κ2) is 11.5. The van der Waals surface area contributed by atoms with Gasteiger partial charge in [-0.15, -0.1) is 0 Å². The molecular weight excluding hydrogens is 497 g/mol. The largest absolute Gasteiger partial charge is 0.369 e. The molecule has 5 aliphatic heterocycles. The molecule has 0 aromatic heterocycles. The number of carbonyl (C=O) groups excluding carboxylic acids is 3. The van der Waals surface area contributed by atoms with Gasteiger partial charge in [0.2, 0.25) is 11.8 Å². The van der Waals surface area contributed by atoms with Gasteiger partial charge in [0.05, 0.1) is 12.2 Å². The third kappa shape index (κ3) is 5.71. The quantitative estimate of drug-likeness (QED) is 0.541. The Morgan fingerprint density at radius 3 is 2.26 bits per heavy atom. The molecule has 4 saturated heterocycles. The molecule has 4 fully saturated rings. The van der Waals surface area contributed by atoms with E-state index >= 15 is 4.39 Å². The van der Waals surface area contributed by atoms with Gasteiger partial charge in [0, 0.05) is 37.2 Å². The molecule has 9 heteroatoms. The fourth-order valence-corrected chi connectivity index (χ4v) is 7.55. The molecule has 8 nitrogen and oxygen atoms in total. The third-order valence-corrected chi connectivity index (χ3v) is 9.93. The first-order valence-electron chi connectivity index (χ1n) is 15.1. The van der Waals surface area contributed by atoms with Crippen molar-refractivity contribution in [3.63, 3.8) is 0 Å². The fraction of sp³-hybridized carbons (Fsp3) is 0.700. The number of nitrogens with one attached hydrogen (secondary N) is 2. The standard InChI is InChI=1S/C30H42FN5O3/c31-28-24-19-36(26-3-4-27(37)33-29(26)38)30(39)23(24)1-2-25(28)35-15-9-22(10-16-35)18-34-13-7-21(8-14-34)17-20-5-11-32-12-6-20/h1-2,20-22,26,32H,3-19H2,(H,33,37,38). The number of nitrogens with zero attached hydrogens (tertiary/aromatic N) is 3. The van der Waals surface area contributed by atoms with E-state index in [-0.39, 0.29) is 37.0 Å². The number of benzene rings is 1. The molecule has 5 aliphatic rings.